The van der Waals surface area contributed by atoms with Gasteiger partial charge in [-0.1, -0.05) is 6.92 Å². The van der Waals surface area contributed by atoms with Crippen molar-refractivity contribution in [3.63, 3.8) is 0 Å². The van der Waals surface area contributed by atoms with E-state index >= 15 is 0 Å². The minimum Gasteiger partial charge on any atom is -0.401 e. The zero-order valence-corrected chi connectivity index (χ0v) is 5.23. The third kappa shape index (κ3) is 1.65. The third-order valence-electron chi connectivity index (χ3n) is 0.965. The SMILES string of the molecule is CC/C(C#N)=C(/C)N. The molecule has 0 aliphatic carbocycles. The molecule has 0 aromatic rings. The maximum atomic E-state index is 8.31. The lowest BCUT2D eigenvalue weighted by Crippen LogP contribution is -1.95. The highest BCUT2D eigenvalue weighted by molar-refractivity contribution is 5.23. The van der Waals surface area contributed by atoms with E-state index in [2.05, 4.69) is 0 Å². The molecular formula is C6H10N2. The van der Waals surface area contributed by atoms with Crippen molar-refractivity contribution in [1.82, 2.24) is 0 Å². The van der Waals surface area contributed by atoms with Crippen LogP contribution in [-0.2, 0) is 0 Å². The van der Waals surface area contributed by atoms with Gasteiger partial charge in [-0.25, -0.2) is 0 Å². The summed E-state index contributed by atoms with van der Waals surface area (Å²) in [5.74, 6) is 0. The molecule has 0 bridgehead atoms. The normalized spacial score (nSPS) is 12.1. The largest absolute Gasteiger partial charge is 0.401 e. The van der Waals surface area contributed by atoms with E-state index < -0.39 is 0 Å². The van der Waals surface area contributed by atoms with Gasteiger partial charge < -0.3 is 5.73 Å². The molecule has 2 N–H and O–H groups in total. The van der Waals surface area contributed by atoms with Crippen molar-refractivity contribution in [2.75, 3.05) is 0 Å². The van der Waals surface area contributed by atoms with Gasteiger partial charge in [0.2, 0.25) is 0 Å². The highest BCUT2D eigenvalue weighted by atomic mass is 14.6. The van der Waals surface area contributed by atoms with Gasteiger partial charge in [0.1, 0.15) is 0 Å². The lowest BCUT2D eigenvalue weighted by Gasteiger charge is -1.91. The molecule has 0 radical (unpaired) electrons. The van der Waals surface area contributed by atoms with Crippen LogP contribution in [-0.4, -0.2) is 0 Å². The first-order valence-electron chi connectivity index (χ1n) is 2.57. The Balaban J connectivity index is 4.15. The lowest BCUT2D eigenvalue weighted by molar-refractivity contribution is 1.09. The summed E-state index contributed by atoms with van der Waals surface area (Å²) in [5, 5.41) is 8.31. The van der Waals surface area contributed by atoms with Crippen LogP contribution in [0.1, 0.15) is 20.3 Å². The summed E-state index contributed by atoms with van der Waals surface area (Å²) in [6.07, 6.45) is 0.735. The van der Waals surface area contributed by atoms with Gasteiger partial charge in [-0.3, -0.25) is 0 Å². The fraction of sp³-hybridized carbons (Fsp3) is 0.500. The molecule has 0 spiro atoms. The topological polar surface area (TPSA) is 49.8 Å². The quantitative estimate of drug-likeness (QED) is 0.515. The van der Waals surface area contributed by atoms with E-state index in [1.807, 2.05) is 13.0 Å². The summed E-state index contributed by atoms with van der Waals surface area (Å²) in [4.78, 5) is 0. The molecule has 0 fully saturated rings. The van der Waals surface area contributed by atoms with Crippen molar-refractivity contribution in [3.05, 3.63) is 11.3 Å². The van der Waals surface area contributed by atoms with Crippen LogP contribution in [0.15, 0.2) is 11.3 Å². The molecule has 0 aromatic heterocycles. The first-order valence-corrected chi connectivity index (χ1v) is 2.57. The Hall–Kier alpha value is -0.970. The Morgan fingerprint density at radius 3 is 2.25 bits per heavy atom. The smallest absolute Gasteiger partial charge is 0.0964 e. The summed E-state index contributed by atoms with van der Waals surface area (Å²) in [7, 11) is 0. The van der Waals surface area contributed by atoms with E-state index in [1.165, 1.54) is 0 Å². The van der Waals surface area contributed by atoms with Gasteiger partial charge in [0.05, 0.1) is 6.07 Å². The van der Waals surface area contributed by atoms with E-state index in [4.69, 9.17) is 11.0 Å². The van der Waals surface area contributed by atoms with Crippen molar-refractivity contribution in [1.29, 1.82) is 5.26 Å². The molecule has 0 amide bonds. The van der Waals surface area contributed by atoms with Crippen LogP contribution in [0.4, 0.5) is 0 Å². The zero-order valence-electron chi connectivity index (χ0n) is 5.23. The Kier molecular flexibility index (Phi) is 2.71. The van der Waals surface area contributed by atoms with E-state index in [9.17, 15) is 0 Å². The lowest BCUT2D eigenvalue weighted by atomic mass is 10.2. The van der Waals surface area contributed by atoms with Gasteiger partial charge in [-0.2, -0.15) is 5.26 Å². The highest BCUT2D eigenvalue weighted by Crippen LogP contribution is 1.99. The second kappa shape index (κ2) is 3.09. The van der Waals surface area contributed by atoms with E-state index in [0.717, 1.165) is 6.42 Å². The molecule has 2 nitrogen and oxygen atoms in total. The molecule has 2 heteroatoms. The van der Waals surface area contributed by atoms with E-state index in [0.29, 0.717) is 11.3 Å². The molecule has 0 unspecified atom stereocenters. The summed E-state index contributed by atoms with van der Waals surface area (Å²) >= 11 is 0. The van der Waals surface area contributed by atoms with Crippen LogP contribution >= 0.6 is 0 Å². The van der Waals surface area contributed by atoms with Crippen LogP contribution in [0.2, 0.25) is 0 Å². The molecule has 0 heterocycles. The van der Waals surface area contributed by atoms with Crippen LogP contribution in [0.25, 0.3) is 0 Å². The van der Waals surface area contributed by atoms with Gasteiger partial charge in [-0.15, -0.1) is 0 Å². The molecule has 44 valence electrons. The van der Waals surface area contributed by atoms with Crippen LogP contribution < -0.4 is 5.73 Å². The van der Waals surface area contributed by atoms with Gasteiger partial charge in [-0.05, 0) is 13.3 Å². The van der Waals surface area contributed by atoms with Crippen LogP contribution in [0.3, 0.4) is 0 Å². The minimum atomic E-state index is 0.634. The number of nitrogens with zero attached hydrogens (tertiary/aromatic N) is 1. The molecule has 8 heavy (non-hydrogen) atoms. The van der Waals surface area contributed by atoms with E-state index in [-0.39, 0.29) is 0 Å². The van der Waals surface area contributed by atoms with Crippen molar-refractivity contribution < 1.29 is 0 Å². The average Bonchev–Trinajstić information content (AvgIpc) is 1.69. The average molecular weight is 110 g/mol. The van der Waals surface area contributed by atoms with Gasteiger partial charge in [0.15, 0.2) is 0 Å². The molecule has 0 aliphatic heterocycles. The van der Waals surface area contributed by atoms with E-state index in [1.54, 1.807) is 6.92 Å². The molecule has 0 aromatic carbocycles. The Morgan fingerprint density at radius 2 is 2.25 bits per heavy atom. The summed E-state index contributed by atoms with van der Waals surface area (Å²) in [5.41, 5.74) is 6.63. The van der Waals surface area contributed by atoms with Gasteiger partial charge in [0.25, 0.3) is 0 Å². The highest BCUT2D eigenvalue weighted by Gasteiger charge is 1.91. The van der Waals surface area contributed by atoms with Crippen molar-refractivity contribution >= 4 is 0 Å². The Bertz CT molecular complexity index is 135. The molecule has 0 rings (SSSR count). The first-order chi connectivity index (χ1) is 3.72. The molecule has 0 aliphatic rings. The van der Waals surface area contributed by atoms with Crippen LogP contribution in [0.5, 0.6) is 0 Å². The second-order valence-electron chi connectivity index (χ2n) is 1.63. The number of hydrogen-bond acceptors (Lipinski definition) is 2. The number of rotatable bonds is 1. The number of nitrogens with two attached hydrogens (primary N) is 1. The standard InChI is InChI=1S/C6H10N2/c1-3-6(4-7)5(2)8/h3,8H2,1-2H3/b6-5+. The summed E-state index contributed by atoms with van der Waals surface area (Å²) < 4.78 is 0. The monoisotopic (exact) mass is 110 g/mol. The minimum absolute atomic E-state index is 0.634. The second-order valence-corrected chi connectivity index (χ2v) is 1.63. The Morgan fingerprint density at radius 1 is 1.75 bits per heavy atom. The fourth-order valence-electron chi connectivity index (χ4n) is 0.446. The molecule has 0 atom stereocenters. The van der Waals surface area contributed by atoms with Gasteiger partial charge >= 0.3 is 0 Å². The summed E-state index contributed by atoms with van der Waals surface area (Å²) in [6, 6.07) is 2.01. The maximum Gasteiger partial charge on any atom is 0.0964 e. The third-order valence-corrected chi connectivity index (χ3v) is 0.965. The van der Waals surface area contributed by atoms with Crippen LogP contribution in [0, 0.1) is 11.3 Å². The van der Waals surface area contributed by atoms with Crippen molar-refractivity contribution in [3.8, 4) is 6.07 Å². The molecule has 0 saturated carbocycles. The predicted molar refractivity (Wildman–Crippen MR) is 32.8 cm³/mol. The fourth-order valence-corrected chi connectivity index (χ4v) is 0.446. The summed E-state index contributed by atoms with van der Waals surface area (Å²) in [6.45, 7) is 3.65. The van der Waals surface area contributed by atoms with Gasteiger partial charge in [0, 0.05) is 11.3 Å². The molecule has 0 saturated heterocycles. The molecular weight excluding hydrogens is 100 g/mol. The first kappa shape index (κ1) is 7.03. The van der Waals surface area contributed by atoms with Crippen molar-refractivity contribution in [2.45, 2.75) is 20.3 Å². The number of allylic oxidation sites excluding steroid dienone is 2. The Labute approximate surface area is 49.6 Å². The number of nitriles is 1. The number of hydrogen-bond donors (Lipinski definition) is 1. The zero-order chi connectivity index (χ0) is 6.57. The van der Waals surface area contributed by atoms with Crippen molar-refractivity contribution in [2.24, 2.45) is 5.73 Å². The maximum absolute atomic E-state index is 8.31. The predicted octanol–water partition coefficient (Wildman–Crippen LogP) is 1.15.